The van der Waals surface area contributed by atoms with Crippen molar-refractivity contribution >= 4 is 34.8 Å². The smallest absolute Gasteiger partial charge is 0.0595 e. The lowest BCUT2D eigenvalue weighted by molar-refractivity contribution is 0.303. The van der Waals surface area contributed by atoms with Crippen LogP contribution in [0, 0.1) is 0 Å². The second kappa shape index (κ2) is 5.83. The third-order valence-electron chi connectivity index (χ3n) is 4.77. The molecule has 2 aromatic rings. The topological polar surface area (TPSA) is 0 Å². The Morgan fingerprint density at radius 2 is 1.10 bits per heavy atom. The van der Waals surface area contributed by atoms with Crippen LogP contribution in [0.4, 0.5) is 0 Å². The molecule has 0 unspecified atom stereocenters. The van der Waals surface area contributed by atoms with Crippen molar-refractivity contribution in [2.75, 3.05) is 0 Å². The molecule has 0 radical (unpaired) electrons. The molecule has 0 saturated carbocycles. The van der Waals surface area contributed by atoms with E-state index in [4.69, 9.17) is 34.8 Å². The van der Waals surface area contributed by atoms with Gasteiger partial charge in [-0.1, -0.05) is 80.7 Å². The summed E-state index contributed by atoms with van der Waals surface area (Å²) >= 11 is 18.2. The van der Waals surface area contributed by atoms with Crippen molar-refractivity contribution in [3.8, 4) is 0 Å². The quantitative estimate of drug-likeness (QED) is 0.569. The van der Waals surface area contributed by atoms with Gasteiger partial charge in [0.2, 0.25) is 0 Å². The van der Waals surface area contributed by atoms with E-state index in [-0.39, 0.29) is 10.8 Å². The minimum Gasteiger partial charge on any atom is -0.0843 e. The van der Waals surface area contributed by atoms with Crippen LogP contribution in [-0.2, 0) is 10.8 Å². The summed E-state index contributed by atoms with van der Waals surface area (Å²) in [6, 6.07) is 13.9. The normalized spacial score (nSPS) is 12.5. The average molecular weight is 342 g/mol. The molecule has 0 bridgehead atoms. The van der Waals surface area contributed by atoms with E-state index in [1.807, 2.05) is 30.3 Å². The summed E-state index contributed by atoms with van der Waals surface area (Å²) in [6.07, 6.45) is 0. The largest absolute Gasteiger partial charge is 0.0843 e. The number of halogens is 3. The molecule has 0 aliphatic carbocycles. The molecule has 2 aromatic carbocycles. The molecule has 2 rings (SSSR count). The Bertz CT molecular complexity index is 640. The summed E-state index contributed by atoms with van der Waals surface area (Å²) in [6.45, 7) is 8.92. The minimum atomic E-state index is -0.116. The van der Waals surface area contributed by atoms with Gasteiger partial charge in [-0.25, -0.2) is 0 Å². The molecular formula is C18H19Cl3. The molecule has 112 valence electrons. The van der Waals surface area contributed by atoms with Gasteiger partial charge in [0.05, 0.1) is 10.0 Å². The van der Waals surface area contributed by atoms with Crippen LogP contribution in [0.25, 0.3) is 0 Å². The van der Waals surface area contributed by atoms with Gasteiger partial charge in [-0.2, -0.15) is 0 Å². The maximum Gasteiger partial charge on any atom is 0.0595 e. The fourth-order valence-corrected chi connectivity index (χ4v) is 2.90. The summed E-state index contributed by atoms with van der Waals surface area (Å²) in [5, 5.41) is 1.93. The maximum absolute atomic E-state index is 6.19. The van der Waals surface area contributed by atoms with E-state index >= 15 is 0 Å². The third-order valence-corrected chi connectivity index (χ3v) is 5.76. The van der Waals surface area contributed by atoms with E-state index < -0.39 is 0 Å². The highest BCUT2D eigenvalue weighted by molar-refractivity contribution is 6.42. The fourth-order valence-electron chi connectivity index (χ4n) is 2.47. The second-order valence-electron chi connectivity index (χ2n) is 6.39. The Labute approximate surface area is 142 Å². The van der Waals surface area contributed by atoms with Gasteiger partial charge in [0.1, 0.15) is 0 Å². The highest BCUT2D eigenvalue weighted by atomic mass is 35.5. The van der Waals surface area contributed by atoms with Crippen LogP contribution in [0.3, 0.4) is 0 Å². The average Bonchev–Trinajstić information content (AvgIpc) is 2.42. The van der Waals surface area contributed by atoms with Crippen LogP contribution in [0.5, 0.6) is 0 Å². The minimum absolute atomic E-state index is 0.0885. The van der Waals surface area contributed by atoms with Crippen LogP contribution in [0.1, 0.15) is 38.8 Å². The van der Waals surface area contributed by atoms with Crippen molar-refractivity contribution < 1.29 is 0 Å². The zero-order valence-corrected chi connectivity index (χ0v) is 14.9. The maximum atomic E-state index is 6.19. The molecule has 0 aliphatic rings. The number of benzene rings is 2. The van der Waals surface area contributed by atoms with Gasteiger partial charge in [-0.3, -0.25) is 0 Å². The van der Waals surface area contributed by atoms with Crippen molar-refractivity contribution in [2.45, 2.75) is 38.5 Å². The lowest BCUT2D eigenvalue weighted by Gasteiger charge is -2.43. The molecule has 0 saturated heterocycles. The first-order valence-corrected chi connectivity index (χ1v) is 8.01. The summed E-state index contributed by atoms with van der Waals surface area (Å²) < 4.78 is 0. The molecule has 0 aromatic heterocycles. The molecule has 0 fully saturated rings. The van der Waals surface area contributed by atoms with Crippen LogP contribution in [0.15, 0.2) is 42.5 Å². The van der Waals surface area contributed by atoms with Crippen LogP contribution in [0.2, 0.25) is 15.1 Å². The van der Waals surface area contributed by atoms with Gasteiger partial charge < -0.3 is 0 Å². The van der Waals surface area contributed by atoms with Gasteiger partial charge >= 0.3 is 0 Å². The van der Waals surface area contributed by atoms with Gasteiger partial charge in [-0.05, 0) is 46.2 Å². The Morgan fingerprint density at radius 1 is 0.619 bits per heavy atom. The Balaban J connectivity index is 2.49. The third kappa shape index (κ3) is 3.08. The number of hydrogen-bond acceptors (Lipinski definition) is 0. The first-order chi connectivity index (χ1) is 9.66. The van der Waals surface area contributed by atoms with E-state index in [2.05, 4.69) is 39.8 Å². The Kier molecular flexibility index (Phi) is 4.63. The molecule has 21 heavy (non-hydrogen) atoms. The fraction of sp³-hybridized carbons (Fsp3) is 0.333. The van der Waals surface area contributed by atoms with E-state index in [0.717, 1.165) is 10.6 Å². The van der Waals surface area contributed by atoms with Crippen molar-refractivity contribution in [2.24, 2.45) is 0 Å². The van der Waals surface area contributed by atoms with Crippen molar-refractivity contribution in [3.63, 3.8) is 0 Å². The summed E-state index contributed by atoms with van der Waals surface area (Å²) in [7, 11) is 0. The standard InChI is InChI=1S/C18H19Cl3/c1-17(2,12-5-8-14(19)9-6-12)18(3,4)13-7-10-15(20)16(21)11-13/h5-11H,1-4H3. The Hall–Kier alpha value is -0.690. The predicted octanol–water partition coefficient (Wildman–Crippen LogP) is 6.90. The van der Waals surface area contributed by atoms with Gasteiger partial charge in [0.15, 0.2) is 0 Å². The molecule has 0 spiro atoms. The number of rotatable bonds is 3. The van der Waals surface area contributed by atoms with E-state index in [1.54, 1.807) is 0 Å². The van der Waals surface area contributed by atoms with Crippen LogP contribution in [-0.4, -0.2) is 0 Å². The summed E-state index contributed by atoms with van der Waals surface area (Å²) in [5.41, 5.74) is 2.20. The molecule has 0 heterocycles. The predicted molar refractivity (Wildman–Crippen MR) is 94.0 cm³/mol. The van der Waals surface area contributed by atoms with Crippen molar-refractivity contribution in [1.29, 1.82) is 0 Å². The lowest BCUT2D eigenvalue weighted by Crippen LogP contribution is -2.40. The highest BCUT2D eigenvalue weighted by Gasteiger charge is 2.39. The summed E-state index contributed by atoms with van der Waals surface area (Å²) in [5.74, 6) is 0. The Morgan fingerprint density at radius 3 is 1.62 bits per heavy atom. The van der Waals surface area contributed by atoms with E-state index in [0.29, 0.717) is 10.0 Å². The molecule has 0 atom stereocenters. The monoisotopic (exact) mass is 340 g/mol. The highest BCUT2D eigenvalue weighted by Crippen LogP contribution is 2.44. The van der Waals surface area contributed by atoms with E-state index in [1.165, 1.54) is 5.56 Å². The number of hydrogen-bond donors (Lipinski definition) is 0. The first kappa shape index (κ1) is 16.7. The zero-order chi connectivity index (χ0) is 15.8. The van der Waals surface area contributed by atoms with Gasteiger partial charge in [0, 0.05) is 5.02 Å². The van der Waals surface area contributed by atoms with Crippen LogP contribution >= 0.6 is 34.8 Å². The molecule has 0 N–H and O–H groups in total. The van der Waals surface area contributed by atoms with Gasteiger partial charge in [0.25, 0.3) is 0 Å². The van der Waals surface area contributed by atoms with E-state index in [9.17, 15) is 0 Å². The SMILES string of the molecule is CC(C)(c1ccc(Cl)cc1)C(C)(C)c1ccc(Cl)c(Cl)c1. The second-order valence-corrected chi connectivity index (χ2v) is 7.64. The van der Waals surface area contributed by atoms with Crippen molar-refractivity contribution in [3.05, 3.63) is 68.7 Å². The summed E-state index contributed by atoms with van der Waals surface area (Å²) in [4.78, 5) is 0. The molecule has 0 aliphatic heterocycles. The molecule has 0 nitrogen and oxygen atoms in total. The molecule has 3 heteroatoms. The van der Waals surface area contributed by atoms with Gasteiger partial charge in [-0.15, -0.1) is 0 Å². The van der Waals surface area contributed by atoms with Crippen LogP contribution < -0.4 is 0 Å². The first-order valence-electron chi connectivity index (χ1n) is 6.88. The lowest BCUT2D eigenvalue weighted by atomic mass is 9.61. The zero-order valence-electron chi connectivity index (χ0n) is 12.7. The molecule has 0 amide bonds. The molecular weight excluding hydrogens is 323 g/mol. The van der Waals surface area contributed by atoms with Crippen molar-refractivity contribution in [1.82, 2.24) is 0 Å².